The Morgan fingerprint density at radius 1 is 1.06 bits per heavy atom. The fraction of sp³-hybridized carbons (Fsp3) is 0.130. The normalized spacial score (nSPS) is 15.4. The van der Waals surface area contributed by atoms with Crippen LogP contribution in [0.15, 0.2) is 61.1 Å². The second-order valence-electron chi connectivity index (χ2n) is 7.82. The molecule has 32 heavy (non-hydrogen) atoms. The Hall–Kier alpha value is -4.11. The summed E-state index contributed by atoms with van der Waals surface area (Å²) >= 11 is 0. The standard InChI is InChI=1S/C23H19FN8/c24-17-12-19-23(30-22(17)31-10-2-9-28-31)32(21(29-19)16-3-1-8-27-20(16)26)14-5-6-15-13(11-14)4-7-18(15)25/h1-3,5-6,8-12,18H,4,7,25H2,(H2,26,27)/t18-/m0/s1. The van der Waals surface area contributed by atoms with Crippen molar-refractivity contribution in [2.75, 3.05) is 5.73 Å². The van der Waals surface area contributed by atoms with Crippen LogP contribution < -0.4 is 11.5 Å². The van der Waals surface area contributed by atoms with Crippen LogP contribution in [0.4, 0.5) is 10.2 Å². The molecule has 158 valence electrons. The van der Waals surface area contributed by atoms with E-state index >= 15 is 0 Å². The van der Waals surface area contributed by atoms with Crippen LogP contribution in [0, 0.1) is 5.82 Å². The van der Waals surface area contributed by atoms with Crippen LogP contribution in [0.1, 0.15) is 23.6 Å². The molecule has 1 aromatic carbocycles. The lowest BCUT2D eigenvalue weighted by Gasteiger charge is -2.13. The highest BCUT2D eigenvalue weighted by Gasteiger charge is 2.23. The molecule has 1 atom stereocenters. The van der Waals surface area contributed by atoms with Gasteiger partial charge >= 0.3 is 0 Å². The molecule has 1 aliphatic rings. The predicted octanol–water partition coefficient (Wildman–Crippen LogP) is 3.34. The summed E-state index contributed by atoms with van der Waals surface area (Å²) in [5, 5.41) is 4.13. The van der Waals surface area contributed by atoms with Crippen LogP contribution in [0.2, 0.25) is 0 Å². The molecule has 0 amide bonds. The van der Waals surface area contributed by atoms with E-state index in [-0.39, 0.29) is 11.9 Å². The first kappa shape index (κ1) is 18.6. The summed E-state index contributed by atoms with van der Waals surface area (Å²) in [6, 6.07) is 12.9. The minimum atomic E-state index is -0.517. The molecule has 0 spiro atoms. The van der Waals surface area contributed by atoms with Gasteiger partial charge in [-0.1, -0.05) is 6.07 Å². The van der Waals surface area contributed by atoms with Gasteiger partial charge in [-0.3, -0.25) is 4.57 Å². The molecule has 0 bridgehead atoms. The summed E-state index contributed by atoms with van der Waals surface area (Å²) in [6.07, 6.45) is 6.67. The fourth-order valence-corrected chi connectivity index (χ4v) is 4.33. The molecule has 1 aliphatic carbocycles. The third-order valence-electron chi connectivity index (χ3n) is 5.88. The molecule has 0 radical (unpaired) electrons. The van der Waals surface area contributed by atoms with E-state index in [1.54, 1.807) is 30.7 Å². The number of pyridine rings is 2. The molecule has 8 nitrogen and oxygen atoms in total. The first-order valence-corrected chi connectivity index (χ1v) is 10.3. The lowest BCUT2D eigenvalue weighted by molar-refractivity contribution is 0.603. The van der Waals surface area contributed by atoms with Crippen LogP contribution in [0.3, 0.4) is 0 Å². The van der Waals surface area contributed by atoms with Crippen molar-refractivity contribution < 1.29 is 4.39 Å². The van der Waals surface area contributed by atoms with E-state index in [1.165, 1.54) is 16.3 Å². The number of nitrogens with two attached hydrogens (primary N) is 2. The van der Waals surface area contributed by atoms with Crippen molar-refractivity contribution in [2.24, 2.45) is 5.73 Å². The van der Waals surface area contributed by atoms with Gasteiger partial charge in [-0.2, -0.15) is 5.10 Å². The highest BCUT2D eigenvalue weighted by molar-refractivity contribution is 5.83. The van der Waals surface area contributed by atoms with Crippen LogP contribution in [0.5, 0.6) is 0 Å². The maximum Gasteiger partial charge on any atom is 0.191 e. The van der Waals surface area contributed by atoms with Gasteiger partial charge in [0, 0.05) is 36.4 Å². The molecule has 6 rings (SSSR count). The maximum atomic E-state index is 14.9. The summed E-state index contributed by atoms with van der Waals surface area (Å²) in [6.45, 7) is 0. The summed E-state index contributed by atoms with van der Waals surface area (Å²) in [5.41, 5.74) is 17.1. The number of nitrogen functional groups attached to an aromatic ring is 1. The monoisotopic (exact) mass is 426 g/mol. The summed E-state index contributed by atoms with van der Waals surface area (Å²) in [5.74, 6) is 0.450. The molecule has 9 heteroatoms. The number of hydrogen-bond acceptors (Lipinski definition) is 6. The molecule has 0 saturated heterocycles. The number of anilines is 1. The minimum absolute atomic E-state index is 0.0469. The number of fused-ring (bicyclic) bond motifs is 2. The number of aryl methyl sites for hydroxylation is 1. The first-order chi connectivity index (χ1) is 15.6. The van der Waals surface area contributed by atoms with Gasteiger partial charge in [0.15, 0.2) is 23.1 Å². The molecular weight excluding hydrogens is 407 g/mol. The number of rotatable bonds is 3. The molecule has 5 aromatic rings. The van der Waals surface area contributed by atoms with E-state index in [1.807, 2.05) is 22.8 Å². The van der Waals surface area contributed by atoms with Crippen molar-refractivity contribution in [3.05, 3.63) is 78.0 Å². The molecule has 0 saturated carbocycles. The Kier molecular flexibility index (Phi) is 4.05. The Bertz CT molecular complexity index is 1470. The second-order valence-corrected chi connectivity index (χ2v) is 7.82. The molecular formula is C23H19FN8. The number of nitrogens with zero attached hydrogens (tertiary/aromatic N) is 6. The lowest BCUT2D eigenvalue weighted by Crippen LogP contribution is -2.07. The van der Waals surface area contributed by atoms with Gasteiger partial charge in [-0.15, -0.1) is 0 Å². The van der Waals surface area contributed by atoms with Crippen molar-refractivity contribution in [2.45, 2.75) is 18.9 Å². The van der Waals surface area contributed by atoms with Gasteiger partial charge in [0.2, 0.25) is 0 Å². The van der Waals surface area contributed by atoms with E-state index in [0.717, 1.165) is 24.1 Å². The Morgan fingerprint density at radius 3 is 2.78 bits per heavy atom. The highest BCUT2D eigenvalue weighted by Crippen LogP contribution is 2.35. The zero-order valence-electron chi connectivity index (χ0n) is 17.0. The van der Waals surface area contributed by atoms with Crippen molar-refractivity contribution in [1.82, 2.24) is 29.3 Å². The Morgan fingerprint density at radius 2 is 1.97 bits per heavy atom. The SMILES string of the molecule is Nc1ncccc1-c1nc2cc(F)c(-n3cccn3)nc2n1-c1ccc2c(c1)CC[C@@H]2N. The summed E-state index contributed by atoms with van der Waals surface area (Å²) in [4.78, 5) is 13.5. The van der Waals surface area contributed by atoms with E-state index in [0.29, 0.717) is 28.4 Å². The smallest absolute Gasteiger partial charge is 0.191 e. The van der Waals surface area contributed by atoms with Gasteiger partial charge in [0.1, 0.15) is 11.3 Å². The number of halogens is 1. The van der Waals surface area contributed by atoms with E-state index < -0.39 is 5.82 Å². The zero-order valence-corrected chi connectivity index (χ0v) is 17.0. The van der Waals surface area contributed by atoms with Gasteiger partial charge in [-0.05, 0) is 54.3 Å². The number of aromatic nitrogens is 6. The van der Waals surface area contributed by atoms with Gasteiger partial charge in [0.05, 0.1) is 5.56 Å². The zero-order chi connectivity index (χ0) is 21.8. The van der Waals surface area contributed by atoms with Crippen molar-refractivity contribution in [3.8, 4) is 22.9 Å². The van der Waals surface area contributed by atoms with Gasteiger partial charge in [-0.25, -0.2) is 24.0 Å². The summed E-state index contributed by atoms with van der Waals surface area (Å²) < 4.78 is 18.2. The maximum absolute atomic E-state index is 14.9. The third kappa shape index (κ3) is 2.78. The van der Waals surface area contributed by atoms with Gasteiger partial charge in [0.25, 0.3) is 0 Å². The third-order valence-corrected chi connectivity index (χ3v) is 5.88. The van der Waals surface area contributed by atoms with Crippen LogP contribution in [-0.2, 0) is 6.42 Å². The molecule has 4 heterocycles. The number of imidazole rings is 1. The summed E-state index contributed by atoms with van der Waals surface area (Å²) in [7, 11) is 0. The number of hydrogen-bond donors (Lipinski definition) is 2. The van der Waals surface area contributed by atoms with Crippen LogP contribution in [-0.4, -0.2) is 29.3 Å². The molecule has 0 aliphatic heterocycles. The average Bonchev–Trinajstić information content (AvgIpc) is 3.52. The van der Waals surface area contributed by atoms with Crippen molar-refractivity contribution >= 4 is 17.0 Å². The second kappa shape index (κ2) is 6.96. The molecule has 0 unspecified atom stereocenters. The minimum Gasteiger partial charge on any atom is -0.383 e. The first-order valence-electron chi connectivity index (χ1n) is 10.3. The highest BCUT2D eigenvalue weighted by atomic mass is 19.1. The van der Waals surface area contributed by atoms with Crippen molar-refractivity contribution in [3.63, 3.8) is 0 Å². The Balaban J connectivity index is 1.66. The van der Waals surface area contributed by atoms with Crippen LogP contribution >= 0.6 is 0 Å². The average molecular weight is 426 g/mol. The van der Waals surface area contributed by atoms with Gasteiger partial charge < -0.3 is 11.5 Å². The largest absolute Gasteiger partial charge is 0.383 e. The molecule has 4 N–H and O–H groups in total. The van der Waals surface area contributed by atoms with Crippen molar-refractivity contribution in [1.29, 1.82) is 0 Å². The fourth-order valence-electron chi connectivity index (χ4n) is 4.33. The topological polar surface area (TPSA) is 113 Å². The lowest BCUT2D eigenvalue weighted by atomic mass is 10.1. The number of benzene rings is 1. The Labute approximate surface area is 182 Å². The predicted molar refractivity (Wildman–Crippen MR) is 119 cm³/mol. The molecule has 0 fully saturated rings. The van der Waals surface area contributed by atoms with E-state index in [4.69, 9.17) is 16.5 Å². The van der Waals surface area contributed by atoms with E-state index in [9.17, 15) is 4.39 Å². The quantitative estimate of drug-likeness (QED) is 0.457. The van der Waals surface area contributed by atoms with Crippen LogP contribution in [0.25, 0.3) is 34.1 Å². The molecule has 4 aromatic heterocycles. The van der Waals surface area contributed by atoms with E-state index in [2.05, 4.69) is 21.1 Å².